The minimum absolute atomic E-state index is 0.0602. The summed E-state index contributed by atoms with van der Waals surface area (Å²) in [4.78, 5) is 19.1. The molecule has 2 aromatic carbocycles. The molecule has 0 fully saturated rings. The molecule has 0 saturated carbocycles. The van der Waals surface area contributed by atoms with Crippen LogP contribution in [-0.4, -0.2) is 33.4 Å². The number of amides is 1. The van der Waals surface area contributed by atoms with E-state index in [1.165, 1.54) is 0 Å². The summed E-state index contributed by atoms with van der Waals surface area (Å²) in [7, 11) is 0. The van der Waals surface area contributed by atoms with E-state index in [-0.39, 0.29) is 5.91 Å². The Morgan fingerprint density at radius 3 is 2.62 bits per heavy atom. The molecule has 1 aromatic heterocycles. The van der Waals surface area contributed by atoms with Crippen LogP contribution in [0.3, 0.4) is 0 Å². The number of halogens is 2. The van der Waals surface area contributed by atoms with Gasteiger partial charge in [-0.1, -0.05) is 65.2 Å². The first-order valence-corrected chi connectivity index (χ1v) is 10.2. The predicted octanol–water partition coefficient (Wildman–Crippen LogP) is 5.83. The molecule has 0 aliphatic heterocycles. The molecule has 1 amide bonds. The van der Waals surface area contributed by atoms with Gasteiger partial charge in [0.2, 0.25) is 0 Å². The Labute approximate surface area is 181 Å². The zero-order valence-electron chi connectivity index (χ0n) is 16.3. The Kier molecular flexibility index (Phi) is 7.50. The second kappa shape index (κ2) is 10.3. The van der Waals surface area contributed by atoms with Gasteiger partial charge >= 0.3 is 0 Å². The van der Waals surface area contributed by atoms with Crippen LogP contribution in [-0.2, 0) is 6.54 Å². The number of imidazole rings is 1. The van der Waals surface area contributed by atoms with E-state index in [1.807, 2.05) is 52.9 Å². The molecule has 0 spiro atoms. The molecule has 0 saturated heterocycles. The first-order chi connectivity index (χ1) is 14.0. The molecule has 4 nitrogen and oxygen atoms in total. The highest BCUT2D eigenvalue weighted by Gasteiger charge is 2.17. The number of aromatic nitrogens is 2. The van der Waals surface area contributed by atoms with Crippen LogP contribution >= 0.6 is 23.2 Å². The van der Waals surface area contributed by atoms with Gasteiger partial charge in [0.15, 0.2) is 0 Å². The van der Waals surface area contributed by atoms with Gasteiger partial charge in [-0.2, -0.15) is 0 Å². The highest BCUT2D eigenvalue weighted by atomic mass is 35.5. The first kappa shape index (κ1) is 21.2. The molecule has 29 heavy (non-hydrogen) atoms. The third-order valence-electron chi connectivity index (χ3n) is 4.51. The summed E-state index contributed by atoms with van der Waals surface area (Å²) >= 11 is 12.1. The van der Waals surface area contributed by atoms with Crippen molar-refractivity contribution in [1.29, 1.82) is 0 Å². The van der Waals surface area contributed by atoms with E-state index in [9.17, 15) is 4.79 Å². The van der Waals surface area contributed by atoms with E-state index in [1.54, 1.807) is 30.7 Å². The van der Waals surface area contributed by atoms with Crippen LogP contribution in [0.2, 0.25) is 10.0 Å². The minimum Gasteiger partial charge on any atom is -0.337 e. The maximum Gasteiger partial charge on any atom is 0.254 e. The second-order valence-corrected chi connectivity index (χ2v) is 7.73. The second-order valence-electron chi connectivity index (χ2n) is 6.91. The Morgan fingerprint density at radius 2 is 1.93 bits per heavy atom. The van der Waals surface area contributed by atoms with Crippen LogP contribution in [0.15, 0.2) is 72.8 Å². The van der Waals surface area contributed by atoms with Gasteiger partial charge in [0.05, 0.1) is 16.4 Å². The lowest BCUT2D eigenvalue weighted by Crippen LogP contribution is -2.34. The van der Waals surface area contributed by atoms with Crippen LogP contribution in [0, 0.1) is 0 Å². The Balaban J connectivity index is 1.75. The largest absolute Gasteiger partial charge is 0.337 e. The molecule has 0 aliphatic carbocycles. The topological polar surface area (TPSA) is 38.1 Å². The number of benzene rings is 2. The molecule has 0 unspecified atom stereocenters. The van der Waals surface area contributed by atoms with Gasteiger partial charge in [-0.3, -0.25) is 4.79 Å². The number of hydrogen-bond donors (Lipinski definition) is 0. The van der Waals surface area contributed by atoms with E-state index in [0.29, 0.717) is 28.7 Å². The smallest absolute Gasteiger partial charge is 0.254 e. The molecular formula is C23H23Cl2N3O. The first-order valence-electron chi connectivity index (χ1n) is 9.45. The lowest BCUT2D eigenvalue weighted by atomic mass is 10.1. The van der Waals surface area contributed by atoms with Crippen molar-refractivity contribution in [2.45, 2.75) is 19.9 Å². The number of nitrogens with zero attached hydrogens (tertiary/aromatic N) is 3. The molecule has 6 heteroatoms. The van der Waals surface area contributed by atoms with Gasteiger partial charge in [-0.15, -0.1) is 0 Å². The summed E-state index contributed by atoms with van der Waals surface area (Å²) in [6.45, 7) is 4.00. The van der Waals surface area contributed by atoms with Gasteiger partial charge in [0.1, 0.15) is 0 Å². The van der Waals surface area contributed by atoms with Gasteiger partial charge < -0.3 is 9.47 Å². The summed E-state index contributed by atoms with van der Waals surface area (Å²) in [5, 5.41) is 0.822. The summed E-state index contributed by atoms with van der Waals surface area (Å²) in [5.41, 5.74) is 2.76. The molecular weight excluding hydrogens is 405 g/mol. The molecule has 3 aromatic rings. The molecule has 0 bridgehead atoms. The molecule has 150 valence electrons. The zero-order chi connectivity index (χ0) is 20.6. The summed E-state index contributed by atoms with van der Waals surface area (Å²) < 4.78 is 2.01. The quantitative estimate of drug-likeness (QED) is 0.453. The fraction of sp³-hybridized carbons (Fsp3) is 0.217. The third kappa shape index (κ3) is 6.21. The number of carbonyl (C=O) groups excluding carboxylic acids is 1. The van der Waals surface area contributed by atoms with Crippen LogP contribution in [0.1, 0.15) is 29.3 Å². The van der Waals surface area contributed by atoms with Crippen molar-refractivity contribution >= 4 is 35.2 Å². The van der Waals surface area contributed by atoms with Crippen molar-refractivity contribution in [3.05, 3.63) is 94.0 Å². The van der Waals surface area contributed by atoms with Crippen LogP contribution in [0.4, 0.5) is 0 Å². The van der Waals surface area contributed by atoms with Crippen LogP contribution in [0.25, 0.3) is 6.08 Å². The van der Waals surface area contributed by atoms with Crippen LogP contribution < -0.4 is 0 Å². The fourth-order valence-corrected chi connectivity index (χ4v) is 3.41. The predicted molar refractivity (Wildman–Crippen MR) is 119 cm³/mol. The van der Waals surface area contributed by atoms with Crippen molar-refractivity contribution in [2.24, 2.45) is 0 Å². The number of aryl methyl sites for hydroxylation is 1. The molecule has 1 heterocycles. The lowest BCUT2D eigenvalue weighted by Gasteiger charge is -2.24. The average Bonchev–Trinajstić information content (AvgIpc) is 3.23. The summed E-state index contributed by atoms with van der Waals surface area (Å²) in [5.74, 6) is -0.0602. The number of hydrogen-bond acceptors (Lipinski definition) is 2. The van der Waals surface area contributed by atoms with Gasteiger partial charge in [0.25, 0.3) is 5.91 Å². The number of rotatable bonds is 8. The average molecular weight is 428 g/mol. The summed E-state index contributed by atoms with van der Waals surface area (Å²) in [6, 6.07) is 15.1. The fourth-order valence-electron chi connectivity index (χ4n) is 3.11. The van der Waals surface area contributed by atoms with E-state index >= 15 is 0 Å². The van der Waals surface area contributed by atoms with E-state index in [0.717, 1.165) is 24.1 Å². The standard InChI is InChI=1S/C23H23Cl2N3O/c1-18(14-19-6-3-2-4-7-19)16-28(12-5-11-27-13-10-26-17-27)23(29)20-8-9-21(24)22(25)15-20/h2-4,6-10,13-15,17H,5,11-12,16H2,1H3/b18-14+. The normalized spacial score (nSPS) is 11.5. The van der Waals surface area contributed by atoms with Crippen molar-refractivity contribution < 1.29 is 4.79 Å². The van der Waals surface area contributed by atoms with E-state index in [4.69, 9.17) is 23.2 Å². The maximum atomic E-state index is 13.2. The van der Waals surface area contributed by atoms with E-state index in [2.05, 4.69) is 11.1 Å². The van der Waals surface area contributed by atoms with Crippen molar-refractivity contribution in [1.82, 2.24) is 14.5 Å². The summed E-state index contributed by atoms with van der Waals surface area (Å²) in [6.07, 6.45) is 8.38. The Morgan fingerprint density at radius 1 is 1.14 bits per heavy atom. The third-order valence-corrected chi connectivity index (χ3v) is 5.25. The van der Waals surface area contributed by atoms with Gasteiger partial charge in [-0.05, 0) is 37.1 Å². The monoisotopic (exact) mass is 427 g/mol. The van der Waals surface area contributed by atoms with Crippen molar-refractivity contribution in [3.8, 4) is 0 Å². The Hall–Kier alpha value is -2.56. The van der Waals surface area contributed by atoms with Crippen molar-refractivity contribution in [2.75, 3.05) is 13.1 Å². The molecule has 0 aliphatic rings. The molecule has 0 N–H and O–H groups in total. The lowest BCUT2D eigenvalue weighted by molar-refractivity contribution is 0.0766. The highest BCUT2D eigenvalue weighted by Crippen LogP contribution is 2.23. The van der Waals surface area contributed by atoms with Crippen molar-refractivity contribution in [3.63, 3.8) is 0 Å². The SMILES string of the molecule is C/C(=C\c1ccccc1)CN(CCCn1ccnc1)C(=O)c1ccc(Cl)c(Cl)c1. The molecule has 0 radical (unpaired) electrons. The number of carbonyl (C=O) groups is 1. The van der Waals surface area contributed by atoms with Gasteiger partial charge in [-0.25, -0.2) is 4.98 Å². The highest BCUT2D eigenvalue weighted by molar-refractivity contribution is 6.42. The van der Waals surface area contributed by atoms with Crippen LogP contribution in [0.5, 0.6) is 0 Å². The zero-order valence-corrected chi connectivity index (χ0v) is 17.8. The van der Waals surface area contributed by atoms with Gasteiger partial charge in [0, 0.05) is 37.6 Å². The molecule has 0 atom stereocenters. The maximum absolute atomic E-state index is 13.2. The Bertz CT molecular complexity index is 969. The molecule has 3 rings (SSSR count). The minimum atomic E-state index is -0.0602. The van der Waals surface area contributed by atoms with E-state index < -0.39 is 0 Å².